The Hall–Kier alpha value is -2.31. The molecule has 6 nitrogen and oxygen atoms in total. The standard InChI is InChI=1S/C18H16Cl2N2O4/c1-10(17(23)22-14-3-2-6-21-16(14)20)26-18(24)12-7-11-8-13(19)4-5-15(11)25-9-12/h2-6,8,10,12H,7,9H2,1H3,(H,22,23)/t10-,12-/m1/s1. The Morgan fingerprint density at radius 2 is 2.15 bits per heavy atom. The molecule has 0 saturated heterocycles. The van der Waals surface area contributed by atoms with Gasteiger partial charge in [-0.25, -0.2) is 4.98 Å². The minimum absolute atomic E-state index is 0.161. The van der Waals surface area contributed by atoms with Crippen LogP contribution in [0.2, 0.25) is 10.2 Å². The molecule has 8 heteroatoms. The predicted molar refractivity (Wildman–Crippen MR) is 97.6 cm³/mol. The van der Waals surface area contributed by atoms with Crippen molar-refractivity contribution in [2.45, 2.75) is 19.4 Å². The number of rotatable bonds is 4. The summed E-state index contributed by atoms with van der Waals surface area (Å²) in [5, 5.41) is 3.31. The minimum Gasteiger partial charge on any atom is -0.492 e. The van der Waals surface area contributed by atoms with Crippen molar-refractivity contribution >= 4 is 40.8 Å². The van der Waals surface area contributed by atoms with Crippen molar-refractivity contribution in [3.63, 3.8) is 0 Å². The number of aromatic nitrogens is 1. The summed E-state index contributed by atoms with van der Waals surface area (Å²) in [6.07, 6.45) is 0.964. The lowest BCUT2D eigenvalue weighted by molar-refractivity contribution is -0.158. The van der Waals surface area contributed by atoms with Crippen LogP contribution in [0.5, 0.6) is 5.75 Å². The highest BCUT2D eigenvalue weighted by Gasteiger charge is 2.30. The smallest absolute Gasteiger partial charge is 0.313 e. The number of carbonyl (C=O) groups excluding carboxylic acids is 2. The zero-order chi connectivity index (χ0) is 18.7. The van der Waals surface area contributed by atoms with Crippen molar-refractivity contribution in [1.82, 2.24) is 4.98 Å². The molecule has 3 rings (SSSR count). The first kappa shape index (κ1) is 18.5. The molecule has 0 fully saturated rings. The monoisotopic (exact) mass is 394 g/mol. The molecule has 2 atom stereocenters. The number of benzene rings is 1. The molecule has 0 radical (unpaired) electrons. The Bertz CT molecular complexity index is 844. The van der Waals surface area contributed by atoms with Crippen LogP contribution < -0.4 is 10.1 Å². The lowest BCUT2D eigenvalue weighted by Gasteiger charge is -2.25. The SMILES string of the molecule is C[C@@H](OC(=O)[C@H]1COc2ccc(Cl)cc2C1)C(=O)Nc1cccnc1Cl. The Kier molecular flexibility index (Phi) is 5.64. The average Bonchev–Trinajstić information content (AvgIpc) is 2.62. The number of anilines is 1. The largest absolute Gasteiger partial charge is 0.492 e. The highest BCUT2D eigenvalue weighted by Crippen LogP contribution is 2.30. The molecule has 0 bridgehead atoms. The van der Waals surface area contributed by atoms with Crippen LogP contribution in [-0.4, -0.2) is 29.6 Å². The normalized spacial score (nSPS) is 16.8. The number of nitrogens with one attached hydrogen (secondary N) is 1. The average molecular weight is 395 g/mol. The lowest BCUT2D eigenvalue weighted by Crippen LogP contribution is -2.36. The fraction of sp³-hybridized carbons (Fsp3) is 0.278. The molecule has 2 aromatic rings. The van der Waals surface area contributed by atoms with Crippen LogP contribution in [0.15, 0.2) is 36.5 Å². The lowest BCUT2D eigenvalue weighted by atomic mass is 9.97. The molecule has 0 aliphatic carbocycles. The third kappa shape index (κ3) is 4.26. The number of pyridine rings is 1. The summed E-state index contributed by atoms with van der Waals surface area (Å²) in [7, 11) is 0. The molecular weight excluding hydrogens is 379 g/mol. The first-order valence-corrected chi connectivity index (χ1v) is 8.72. The van der Waals surface area contributed by atoms with Gasteiger partial charge in [-0.1, -0.05) is 23.2 Å². The summed E-state index contributed by atoms with van der Waals surface area (Å²) in [5.74, 6) is -0.794. The van der Waals surface area contributed by atoms with Gasteiger partial charge in [-0.3, -0.25) is 9.59 Å². The summed E-state index contributed by atoms with van der Waals surface area (Å²) in [5.41, 5.74) is 1.19. The summed E-state index contributed by atoms with van der Waals surface area (Å²) >= 11 is 11.9. The van der Waals surface area contributed by atoms with Crippen molar-refractivity contribution in [3.05, 3.63) is 52.3 Å². The van der Waals surface area contributed by atoms with Gasteiger partial charge in [0.15, 0.2) is 11.3 Å². The molecule has 1 aliphatic rings. The van der Waals surface area contributed by atoms with Crippen molar-refractivity contribution < 1.29 is 19.1 Å². The van der Waals surface area contributed by atoms with Gasteiger partial charge in [-0.2, -0.15) is 0 Å². The van der Waals surface area contributed by atoms with Gasteiger partial charge in [0.2, 0.25) is 0 Å². The second-order valence-corrected chi connectivity index (χ2v) is 6.67. The van der Waals surface area contributed by atoms with E-state index in [0.29, 0.717) is 22.9 Å². The molecule has 0 saturated carbocycles. The van der Waals surface area contributed by atoms with E-state index in [0.717, 1.165) is 5.56 Å². The quantitative estimate of drug-likeness (QED) is 0.633. The molecule has 1 N–H and O–H groups in total. The second kappa shape index (κ2) is 7.93. The maximum atomic E-state index is 12.4. The van der Waals surface area contributed by atoms with Crippen LogP contribution >= 0.6 is 23.2 Å². The number of nitrogens with zero attached hydrogens (tertiary/aromatic N) is 1. The van der Waals surface area contributed by atoms with Gasteiger partial charge >= 0.3 is 5.97 Å². The van der Waals surface area contributed by atoms with E-state index in [1.807, 2.05) is 0 Å². The van der Waals surface area contributed by atoms with Crippen LogP contribution in [0, 0.1) is 5.92 Å². The molecular formula is C18H16Cl2N2O4. The van der Waals surface area contributed by atoms with E-state index in [2.05, 4.69) is 10.3 Å². The van der Waals surface area contributed by atoms with E-state index in [4.69, 9.17) is 32.7 Å². The molecule has 0 spiro atoms. The Morgan fingerprint density at radius 3 is 2.92 bits per heavy atom. The highest BCUT2D eigenvalue weighted by molar-refractivity contribution is 6.32. The van der Waals surface area contributed by atoms with Crippen LogP contribution in [0.3, 0.4) is 0 Å². The molecule has 1 aliphatic heterocycles. The van der Waals surface area contributed by atoms with Crippen molar-refractivity contribution in [2.24, 2.45) is 5.92 Å². The molecule has 1 aromatic carbocycles. The van der Waals surface area contributed by atoms with Gasteiger partial charge in [0.05, 0.1) is 11.6 Å². The third-order valence-electron chi connectivity index (χ3n) is 3.94. The van der Waals surface area contributed by atoms with E-state index in [1.165, 1.54) is 13.1 Å². The molecule has 2 heterocycles. The van der Waals surface area contributed by atoms with E-state index < -0.39 is 23.9 Å². The van der Waals surface area contributed by atoms with Gasteiger partial charge in [-0.15, -0.1) is 0 Å². The van der Waals surface area contributed by atoms with Gasteiger partial charge in [0.25, 0.3) is 5.91 Å². The Balaban J connectivity index is 1.59. The number of amides is 1. The summed E-state index contributed by atoms with van der Waals surface area (Å²) in [6.45, 7) is 1.68. The van der Waals surface area contributed by atoms with Gasteiger partial charge in [0, 0.05) is 11.2 Å². The van der Waals surface area contributed by atoms with Gasteiger partial charge < -0.3 is 14.8 Å². The van der Waals surface area contributed by atoms with Crippen molar-refractivity contribution in [2.75, 3.05) is 11.9 Å². The van der Waals surface area contributed by atoms with Crippen LogP contribution in [-0.2, 0) is 20.7 Å². The maximum Gasteiger partial charge on any atom is 0.313 e. The fourth-order valence-corrected chi connectivity index (χ4v) is 2.91. The molecule has 0 unspecified atom stereocenters. The predicted octanol–water partition coefficient (Wildman–Crippen LogP) is 3.51. The zero-order valence-electron chi connectivity index (χ0n) is 13.9. The fourth-order valence-electron chi connectivity index (χ4n) is 2.55. The summed E-state index contributed by atoms with van der Waals surface area (Å²) in [4.78, 5) is 28.4. The number of hydrogen-bond donors (Lipinski definition) is 1. The first-order valence-electron chi connectivity index (χ1n) is 7.97. The maximum absolute atomic E-state index is 12.4. The van der Waals surface area contributed by atoms with E-state index in [-0.39, 0.29) is 11.8 Å². The second-order valence-electron chi connectivity index (χ2n) is 5.87. The summed E-state index contributed by atoms with van der Waals surface area (Å²) < 4.78 is 10.9. The Labute approximate surface area is 160 Å². The minimum atomic E-state index is -0.987. The third-order valence-corrected chi connectivity index (χ3v) is 4.48. The molecule has 1 aromatic heterocycles. The van der Waals surface area contributed by atoms with Gasteiger partial charge in [-0.05, 0) is 49.2 Å². The first-order chi connectivity index (χ1) is 12.4. The Morgan fingerprint density at radius 1 is 1.35 bits per heavy atom. The molecule has 26 heavy (non-hydrogen) atoms. The van der Waals surface area contributed by atoms with E-state index in [1.54, 1.807) is 30.3 Å². The van der Waals surface area contributed by atoms with E-state index in [9.17, 15) is 9.59 Å². The number of ether oxygens (including phenoxy) is 2. The van der Waals surface area contributed by atoms with Crippen LogP contribution in [0.25, 0.3) is 0 Å². The van der Waals surface area contributed by atoms with Crippen molar-refractivity contribution in [3.8, 4) is 5.75 Å². The molecule has 1 amide bonds. The van der Waals surface area contributed by atoms with Crippen LogP contribution in [0.1, 0.15) is 12.5 Å². The van der Waals surface area contributed by atoms with Gasteiger partial charge in [0.1, 0.15) is 12.4 Å². The highest BCUT2D eigenvalue weighted by atomic mass is 35.5. The van der Waals surface area contributed by atoms with Crippen LogP contribution in [0.4, 0.5) is 5.69 Å². The topological polar surface area (TPSA) is 77.5 Å². The van der Waals surface area contributed by atoms with E-state index >= 15 is 0 Å². The number of hydrogen-bond acceptors (Lipinski definition) is 5. The number of fused-ring (bicyclic) bond motifs is 1. The number of carbonyl (C=O) groups is 2. The zero-order valence-corrected chi connectivity index (χ0v) is 15.4. The number of halogens is 2. The number of esters is 1. The molecule has 136 valence electrons. The van der Waals surface area contributed by atoms with Crippen molar-refractivity contribution in [1.29, 1.82) is 0 Å². The summed E-state index contributed by atoms with van der Waals surface area (Å²) in [6, 6.07) is 8.51.